The summed E-state index contributed by atoms with van der Waals surface area (Å²) in [6.07, 6.45) is 11.1. The van der Waals surface area contributed by atoms with E-state index in [9.17, 15) is 4.79 Å². The lowest BCUT2D eigenvalue weighted by Gasteiger charge is -2.42. The summed E-state index contributed by atoms with van der Waals surface area (Å²) >= 11 is 0. The van der Waals surface area contributed by atoms with Crippen molar-refractivity contribution in [2.24, 2.45) is 21.8 Å². The van der Waals surface area contributed by atoms with Gasteiger partial charge < -0.3 is 25.1 Å². The molecule has 0 bridgehead atoms. The number of amidine groups is 1. The van der Waals surface area contributed by atoms with Gasteiger partial charge in [-0.15, -0.1) is 0 Å². The van der Waals surface area contributed by atoms with Crippen molar-refractivity contribution in [3.05, 3.63) is 58.0 Å². The highest BCUT2D eigenvalue weighted by Gasteiger charge is 2.37. The SMILES string of the molecule is Cc1cc2c(cc1Cc1ccc(C(=O)NCC3CCCC(CNC4=NCCC(=NCC5CCCO5)N4)C3)o1)C(C)(C)CCC2(C)C. The van der Waals surface area contributed by atoms with Crippen LogP contribution in [0, 0.1) is 18.8 Å². The van der Waals surface area contributed by atoms with Gasteiger partial charge in [0.25, 0.3) is 5.91 Å². The van der Waals surface area contributed by atoms with Gasteiger partial charge in [-0.2, -0.15) is 0 Å². The molecule has 250 valence electrons. The zero-order valence-electron chi connectivity index (χ0n) is 28.8. The summed E-state index contributed by atoms with van der Waals surface area (Å²) in [4.78, 5) is 22.5. The molecule has 1 saturated carbocycles. The fourth-order valence-electron chi connectivity index (χ4n) is 7.81. The molecule has 2 fully saturated rings. The van der Waals surface area contributed by atoms with Crippen molar-refractivity contribution in [2.45, 2.75) is 116 Å². The lowest BCUT2D eigenvalue weighted by Crippen LogP contribution is -2.46. The average molecular weight is 630 g/mol. The Bertz CT molecular complexity index is 1450. The Morgan fingerprint density at radius 2 is 1.78 bits per heavy atom. The van der Waals surface area contributed by atoms with Gasteiger partial charge in [0.2, 0.25) is 0 Å². The van der Waals surface area contributed by atoms with E-state index in [0.29, 0.717) is 30.6 Å². The highest BCUT2D eigenvalue weighted by molar-refractivity contribution is 6.01. The Kier molecular flexibility index (Phi) is 9.93. The van der Waals surface area contributed by atoms with Crippen LogP contribution in [0.5, 0.6) is 0 Å². The zero-order chi connectivity index (χ0) is 32.3. The van der Waals surface area contributed by atoms with Gasteiger partial charge in [-0.25, -0.2) is 0 Å². The predicted molar refractivity (Wildman–Crippen MR) is 185 cm³/mol. The van der Waals surface area contributed by atoms with E-state index in [2.05, 4.69) is 67.7 Å². The van der Waals surface area contributed by atoms with E-state index >= 15 is 0 Å². The smallest absolute Gasteiger partial charge is 0.287 e. The number of guanidine groups is 1. The summed E-state index contributed by atoms with van der Waals surface area (Å²) in [7, 11) is 0. The number of fused-ring (bicyclic) bond motifs is 1. The number of carbonyl (C=O) groups excluding carboxylic acids is 1. The van der Waals surface area contributed by atoms with Crippen molar-refractivity contribution in [3.8, 4) is 0 Å². The van der Waals surface area contributed by atoms with Crippen LogP contribution >= 0.6 is 0 Å². The lowest BCUT2D eigenvalue weighted by atomic mass is 9.62. The topological polar surface area (TPSA) is 100 Å². The van der Waals surface area contributed by atoms with Crippen LogP contribution in [-0.4, -0.2) is 56.6 Å². The predicted octanol–water partition coefficient (Wildman–Crippen LogP) is 6.58. The summed E-state index contributed by atoms with van der Waals surface area (Å²) in [5.74, 6) is 3.98. The largest absolute Gasteiger partial charge is 0.456 e. The van der Waals surface area contributed by atoms with Crippen molar-refractivity contribution in [2.75, 3.05) is 32.8 Å². The van der Waals surface area contributed by atoms with Crippen molar-refractivity contribution >= 4 is 17.7 Å². The van der Waals surface area contributed by atoms with E-state index < -0.39 is 0 Å². The van der Waals surface area contributed by atoms with E-state index in [1.807, 2.05) is 12.1 Å². The van der Waals surface area contributed by atoms with Gasteiger partial charge in [-0.3, -0.25) is 14.8 Å². The maximum Gasteiger partial charge on any atom is 0.287 e. The third-order valence-electron chi connectivity index (χ3n) is 11.0. The molecular weight excluding hydrogens is 574 g/mol. The zero-order valence-corrected chi connectivity index (χ0v) is 28.8. The van der Waals surface area contributed by atoms with E-state index in [1.54, 1.807) is 0 Å². The Morgan fingerprint density at radius 3 is 2.54 bits per heavy atom. The normalized spacial score (nSPS) is 26.2. The monoisotopic (exact) mass is 629 g/mol. The van der Waals surface area contributed by atoms with Crippen LogP contribution in [-0.2, 0) is 22.0 Å². The minimum absolute atomic E-state index is 0.118. The summed E-state index contributed by atoms with van der Waals surface area (Å²) < 4.78 is 11.8. The van der Waals surface area contributed by atoms with Crippen molar-refractivity contribution in [1.29, 1.82) is 0 Å². The Balaban J connectivity index is 0.970. The lowest BCUT2D eigenvalue weighted by molar-refractivity contribution is 0.0910. The van der Waals surface area contributed by atoms with Crippen LogP contribution in [0.4, 0.5) is 0 Å². The first-order chi connectivity index (χ1) is 22.1. The van der Waals surface area contributed by atoms with Crippen LogP contribution in [0.2, 0.25) is 0 Å². The molecule has 6 rings (SSSR count). The number of nitrogens with zero attached hydrogens (tertiary/aromatic N) is 2. The molecule has 2 aliphatic heterocycles. The number of furan rings is 1. The number of hydrogen-bond donors (Lipinski definition) is 3. The second-order valence-corrected chi connectivity index (χ2v) is 15.6. The average Bonchev–Trinajstić information content (AvgIpc) is 3.74. The second-order valence-electron chi connectivity index (χ2n) is 15.6. The number of aryl methyl sites for hydroxylation is 1. The summed E-state index contributed by atoms with van der Waals surface area (Å²) in [5.41, 5.74) is 5.88. The molecule has 1 aromatic heterocycles. The number of rotatable bonds is 9. The first kappa shape index (κ1) is 32.8. The Morgan fingerprint density at radius 1 is 1.02 bits per heavy atom. The molecule has 1 saturated heterocycles. The van der Waals surface area contributed by atoms with Gasteiger partial charge in [-0.05, 0) is 109 Å². The van der Waals surface area contributed by atoms with Gasteiger partial charge >= 0.3 is 0 Å². The summed E-state index contributed by atoms with van der Waals surface area (Å²) in [6.45, 7) is 15.6. The van der Waals surface area contributed by atoms with Crippen LogP contribution < -0.4 is 16.0 Å². The van der Waals surface area contributed by atoms with Crippen molar-refractivity contribution in [1.82, 2.24) is 16.0 Å². The number of carbonyl (C=O) groups is 1. The first-order valence-corrected chi connectivity index (χ1v) is 17.8. The van der Waals surface area contributed by atoms with E-state index in [4.69, 9.17) is 14.1 Å². The van der Waals surface area contributed by atoms with E-state index in [0.717, 1.165) is 75.9 Å². The third kappa shape index (κ3) is 7.87. The van der Waals surface area contributed by atoms with Gasteiger partial charge in [0.05, 0.1) is 12.6 Å². The fraction of sp³-hybridized carbons (Fsp3) is 0.658. The summed E-state index contributed by atoms with van der Waals surface area (Å²) in [5, 5.41) is 10.1. The first-order valence-electron chi connectivity index (χ1n) is 17.8. The number of benzene rings is 1. The number of ether oxygens (including phenoxy) is 1. The summed E-state index contributed by atoms with van der Waals surface area (Å²) in [6, 6.07) is 8.59. The molecule has 3 unspecified atom stereocenters. The molecule has 3 heterocycles. The number of nitrogens with one attached hydrogen (secondary N) is 3. The molecule has 4 aliphatic rings. The minimum Gasteiger partial charge on any atom is -0.456 e. The Hall–Kier alpha value is -3.13. The third-order valence-corrected chi connectivity index (χ3v) is 11.0. The molecule has 0 radical (unpaired) electrons. The van der Waals surface area contributed by atoms with Crippen LogP contribution in [0.1, 0.15) is 124 Å². The van der Waals surface area contributed by atoms with Gasteiger partial charge in [0.1, 0.15) is 11.6 Å². The molecule has 0 spiro atoms. The van der Waals surface area contributed by atoms with Crippen molar-refractivity contribution in [3.63, 3.8) is 0 Å². The minimum atomic E-state index is -0.118. The molecular formula is C38H55N5O3. The standard InChI is InChI=1S/C38H55N5O3/c1-25-18-31-32(38(4,5)15-14-37(31,2)3)21-28(25)20-29-11-12-33(46-29)35(44)41-22-26-8-6-9-27(19-26)23-42-36-39-16-13-34(43-36)40-24-30-10-7-17-45-30/h11-12,18,21,26-27,30H,6-10,13-17,19-20,22-24H2,1-5H3,(H,41,44)(H2,39,40,42,43). The highest BCUT2D eigenvalue weighted by Crippen LogP contribution is 2.46. The van der Waals surface area contributed by atoms with E-state index in [-0.39, 0.29) is 22.8 Å². The highest BCUT2D eigenvalue weighted by atomic mass is 16.5. The Labute approximate surface area is 275 Å². The molecule has 8 nitrogen and oxygen atoms in total. The molecule has 3 N–H and O–H groups in total. The van der Waals surface area contributed by atoms with Gasteiger partial charge in [-0.1, -0.05) is 46.2 Å². The second kappa shape index (κ2) is 13.9. The molecule has 1 aromatic carbocycles. The molecule has 8 heteroatoms. The van der Waals surface area contributed by atoms with Crippen molar-refractivity contribution < 1.29 is 13.9 Å². The molecule has 3 atom stereocenters. The van der Waals surface area contributed by atoms with E-state index in [1.165, 1.54) is 47.9 Å². The molecule has 1 amide bonds. The fourth-order valence-corrected chi connectivity index (χ4v) is 7.81. The maximum absolute atomic E-state index is 13.1. The molecule has 46 heavy (non-hydrogen) atoms. The quantitative estimate of drug-likeness (QED) is 0.291. The van der Waals surface area contributed by atoms with Crippen LogP contribution in [0.3, 0.4) is 0 Å². The van der Waals surface area contributed by atoms with Gasteiger partial charge in [0, 0.05) is 39.1 Å². The van der Waals surface area contributed by atoms with Crippen LogP contribution in [0.15, 0.2) is 38.7 Å². The number of aliphatic imine (C=N–C) groups is 2. The maximum atomic E-state index is 13.1. The molecule has 2 aromatic rings. The van der Waals surface area contributed by atoms with Gasteiger partial charge in [0.15, 0.2) is 11.7 Å². The van der Waals surface area contributed by atoms with Crippen LogP contribution in [0.25, 0.3) is 0 Å². The molecule has 2 aliphatic carbocycles. The number of amides is 1. The number of hydrogen-bond acceptors (Lipinski definition) is 6.